The smallest absolute Gasteiger partial charge is 0.161 e. The van der Waals surface area contributed by atoms with Crippen LogP contribution in [0.1, 0.15) is 44.7 Å². The van der Waals surface area contributed by atoms with Crippen LogP contribution in [0.15, 0.2) is 18.2 Å². The van der Waals surface area contributed by atoms with E-state index in [9.17, 15) is 0 Å². The standard InChI is InChI=1S/C17H25NO2/c1-5-7-8-9-15(18-12-6-2)14-10-11-16(19-3)17(13-14)20-4/h10-11,13,15,18H,6,8-9,12H2,1-4H3. The number of nitrogens with one attached hydrogen (secondary N) is 1. The van der Waals surface area contributed by atoms with Gasteiger partial charge in [0.25, 0.3) is 0 Å². The summed E-state index contributed by atoms with van der Waals surface area (Å²) in [6.45, 7) is 5.05. The van der Waals surface area contributed by atoms with Gasteiger partial charge in [-0.15, -0.1) is 11.8 Å². The molecule has 0 aliphatic rings. The van der Waals surface area contributed by atoms with Crippen LogP contribution in [0, 0.1) is 11.8 Å². The zero-order chi connectivity index (χ0) is 14.8. The molecule has 1 aromatic carbocycles. The molecule has 1 atom stereocenters. The van der Waals surface area contributed by atoms with E-state index in [1.165, 1.54) is 5.56 Å². The zero-order valence-corrected chi connectivity index (χ0v) is 13.0. The van der Waals surface area contributed by atoms with E-state index >= 15 is 0 Å². The molecule has 0 heterocycles. The molecule has 3 nitrogen and oxygen atoms in total. The number of hydrogen-bond acceptors (Lipinski definition) is 3. The first-order chi connectivity index (χ1) is 9.76. The van der Waals surface area contributed by atoms with Gasteiger partial charge in [0, 0.05) is 12.5 Å². The first-order valence-electron chi connectivity index (χ1n) is 7.11. The van der Waals surface area contributed by atoms with Crippen LogP contribution in [0.4, 0.5) is 0 Å². The Hall–Kier alpha value is -1.66. The van der Waals surface area contributed by atoms with Crippen molar-refractivity contribution in [3.8, 4) is 23.3 Å². The van der Waals surface area contributed by atoms with Gasteiger partial charge in [-0.05, 0) is 44.0 Å². The van der Waals surface area contributed by atoms with Gasteiger partial charge in [0.05, 0.1) is 14.2 Å². The van der Waals surface area contributed by atoms with Crippen molar-refractivity contribution in [3.05, 3.63) is 23.8 Å². The van der Waals surface area contributed by atoms with Crippen LogP contribution in [-0.4, -0.2) is 20.8 Å². The average molecular weight is 275 g/mol. The second-order valence-electron chi connectivity index (χ2n) is 4.59. The van der Waals surface area contributed by atoms with E-state index < -0.39 is 0 Å². The van der Waals surface area contributed by atoms with Gasteiger partial charge in [-0.1, -0.05) is 13.0 Å². The SMILES string of the molecule is CC#CCCC(NCCC)c1ccc(OC)c(OC)c1. The van der Waals surface area contributed by atoms with Crippen molar-refractivity contribution in [2.75, 3.05) is 20.8 Å². The normalized spacial score (nSPS) is 11.4. The Morgan fingerprint density at radius 1 is 1.20 bits per heavy atom. The fraction of sp³-hybridized carbons (Fsp3) is 0.529. The summed E-state index contributed by atoms with van der Waals surface area (Å²) in [7, 11) is 3.32. The highest BCUT2D eigenvalue weighted by molar-refractivity contribution is 5.43. The first kappa shape index (κ1) is 16.4. The molecule has 1 aromatic rings. The molecule has 0 bridgehead atoms. The third-order valence-corrected chi connectivity index (χ3v) is 3.19. The predicted octanol–water partition coefficient (Wildman–Crippen LogP) is 3.55. The third kappa shape index (κ3) is 4.79. The minimum atomic E-state index is 0.301. The van der Waals surface area contributed by atoms with Crippen LogP contribution in [0.3, 0.4) is 0 Å². The van der Waals surface area contributed by atoms with E-state index in [2.05, 4.69) is 30.1 Å². The van der Waals surface area contributed by atoms with Crippen LogP contribution in [0.2, 0.25) is 0 Å². The molecule has 3 heteroatoms. The molecule has 0 radical (unpaired) electrons. The number of ether oxygens (including phenoxy) is 2. The molecule has 1 N–H and O–H groups in total. The van der Waals surface area contributed by atoms with Gasteiger partial charge in [-0.2, -0.15) is 0 Å². The zero-order valence-electron chi connectivity index (χ0n) is 13.0. The predicted molar refractivity (Wildman–Crippen MR) is 83.3 cm³/mol. The van der Waals surface area contributed by atoms with Crippen molar-refractivity contribution in [1.82, 2.24) is 5.32 Å². The van der Waals surface area contributed by atoms with E-state index in [-0.39, 0.29) is 0 Å². The monoisotopic (exact) mass is 275 g/mol. The largest absolute Gasteiger partial charge is 0.493 e. The minimum Gasteiger partial charge on any atom is -0.493 e. The summed E-state index contributed by atoms with van der Waals surface area (Å²) in [6, 6.07) is 6.40. The molecular weight excluding hydrogens is 250 g/mol. The molecule has 1 unspecified atom stereocenters. The summed E-state index contributed by atoms with van der Waals surface area (Å²) in [6.07, 6.45) is 3.01. The Balaban J connectivity index is 2.89. The van der Waals surface area contributed by atoms with Crippen molar-refractivity contribution in [1.29, 1.82) is 0 Å². The lowest BCUT2D eigenvalue weighted by Gasteiger charge is -2.19. The highest BCUT2D eigenvalue weighted by Gasteiger charge is 2.13. The lowest BCUT2D eigenvalue weighted by molar-refractivity contribution is 0.353. The molecule has 0 aliphatic carbocycles. The van der Waals surface area contributed by atoms with E-state index in [0.29, 0.717) is 6.04 Å². The van der Waals surface area contributed by atoms with Crippen LogP contribution in [0.25, 0.3) is 0 Å². The van der Waals surface area contributed by atoms with Crippen LogP contribution >= 0.6 is 0 Å². The Bertz CT molecular complexity index is 460. The maximum atomic E-state index is 5.38. The summed E-state index contributed by atoms with van der Waals surface area (Å²) in [4.78, 5) is 0. The van der Waals surface area contributed by atoms with Gasteiger partial charge in [0.2, 0.25) is 0 Å². The molecule has 0 saturated carbocycles. The van der Waals surface area contributed by atoms with Crippen molar-refractivity contribution in [3.63, 3.8) is 0 Å². The fourth-order valence-electron chi connectivity index (χ4n) is 2.12. The lowest BCUT2D eigenvalue weighted by atomic mass is 10.0. The van der Waals surface area contributed by atoms with E-state index in [4.69, 9.17) is 9.47 Å². The molecule has 0 amide bonds. The highest BCUT2D eigenvalue weighted by atomic mass is 16.5. The summed E-state index contributed by atoms with van der Waals surface area (Å²) < 4.78 is 10.7. The molecule has 0 aromatic heterocycles. The number of benzene rings is 1. The van der Waals surface area contributed by atoms with Crippen LogP contribution in [0.5, 0.6) is 11.5 Å². The third-order valence-electron chi connectivity index (χ3n) is 3.19. The number of methoxy groups -OCH3 is 2. The number of hydrogen-bond donors (Lipinski definition) is 1. The quantitative estimate of drug-likeness (QED) is 0.736. The Morgan fingerprint density at radius 3 is 2.55 bits per heavy atom. The second-order valence-corrected chi connectivity index (χ2v) is 4.59. The van der Waals surface area contributed by atoms with Crippen LogP contribution < -0.4 is 14.8 Å². The van der Waals surface area contributed by atoms with Gasteiger partial charge in [0.15, 0.2) is 11.5 Å². The summed E-state index contributed by atoms with van der Waals surface area (Å²) in [5.41, 5.74) is 1.22. The van der Waals surface area contributed by atoms with E-state index in [0.717, 1.165) is 37.3 Å². The lowest BCUT2D eigenvalue weighted by Crippen LogP contribution is -2.22. The molecular formula is C17H25NO2. The Kier molecular flexibility index (Phi) is 7.60. The first-order valence-corrected chi connectivity index (χ1v) is 7.11. The maximum absolute atomic E-state index is 5.38. The summed E-state index contributed by atoms with van der Waals surface area (Å²) in [5, 5.41) is 3.57. The highest BCUT2D eigenvalue weighted by Crippen LogP contribution is 2.31. The summed E-state index contributed by atoms with van der Waals surface area (Å²) >= 11 is 0. The van der Waals surface area contributed by atoms with Crippen molar-refractivity contribution in [2.24, 2.45) is 0 Å². The topological polar surface area (TPSA) is 30.5 Å². The molecule has 1 rings (SSSR count). The van der Waals surface area contributed by atoms with Gasteiger partial charge >= 0.3 is 0 Å². The van der Waals surface area contributed by atoms with Crippen molar-refractivity contribution in [2.45, 2.75) is 39.2 Å². The van der Waals surface area contributed by atoms with E-state index in [1.807, 2.05) is 19.1 Å². The molecule has 0 spiro atoms. The molecule has 0 aliphatic heterocycles. The van der Waals surface area contributed by atoms with Gasteiger partial charge < -0.3 is 14.8 Å². The minimum absolute atomic E-state index is 0.301. The maximum Gasteiger partial charge on any atom is 0.161 e. The average Bonchev–Trinajstić information content (AvgIpc) is 2.50. The summed E-state index contributed by atoms with van der Waals surface area (Å²) in [5.74, 6) is 7.61. The van der Waals surface area contributed by atoms with Gasteiger partial charge in [-0.25, -0.2) is 0 Å². The molecule has 20 heavy (non-hydrogen) atoms. The van der Waals surface area contributed by atoms with Gasteiger partial charge in [-0.3, -0.25) is 0 Å². The van der Waals surface area contributed by atoms with Crippen molar-refractivity contribution >= 4 is 0 Å². The second kappa shape index (κ2) is 9.28. The molecule has 110 valence electrons. The Morgan fingerprint density at radius 2 is 1.95 bits per heavy atom. The fourth-order valence-corrected chi connectivity index (χ4v) is 2.12. The molecule has 0 fully saturated rings. The van der Waals surface area contributed by atoms with Crippen molar-refractivity contribution < 1.29 is 9.47 Å². The van der Waals surface area contributed by atoms with E-state index in [1.54, 1.807) is 14.2 Å². The Labute approximate surface area is 122 Å². The van der Waals surface area contributed by atoms with Gasteiger partial charge in [0.1, 0.15) is 0 Å². The number of rotatable bonds is 8. The molecule has 0 saturated heterocycles. The van der Waals surface area contributed by atoms with Crippen LogP contribution in [-0.2, 0) is 0 Å².